The number of rotatable bonds is 5. The summed E-state index contributed by atoms with van der Waals surface area (Å²) in [6.07, 6.45) is 0.397. The summed E-state index contributed by atoms with van der Waals surface area (Å²) in [7, 11) is 0. The fourth-order valence-electron chi connectivity index (χ4n) is 3.00. The van der Waals surface area contributed by atoms with Gasteiger partial charge in [0.1, 0.15) is 0 Å². The van der Waals surface area contributed by atoms with Gasteiger partial charge in [-0.2, -0.15) is 0 Å². The van der Waals surface area contributed by atoms with Crippen molar-refractivity contribution >= 4 is 23.2 Å². The van der Waals surface area contributed by atoms with Crippen LogP contribution in [0.5, 0.6) is 11.5 Å². The van der Waals surface area contributed by atoms with Crippen molar-refractivity contribution < 1.29 is 14.3 Å². The van der Waals surface area contributed by atoms with Crippen LogP contribution < -0.4 is 14.8 Å². The molecule has 1 atom stereocenters. The summed E-state index contributed by atoms with van der Waals surface area (Å²) in [5.74, 6) is 1.32. The minimum atomic E-state index is -0.0269. The first-order chi connectivity index (χ1) is 11.6. The lowest BCUT2D eigenvalue weighted by atomic mass is 9.84. The van der Waals surface area contributed by atoms with Gasteiger partial charge in [-0.1, -0.05) is 23.7 Å². The molecule has 5 heteroatoms. The van der Waals surface area contributed by atoms with Gasteiger partial charge in [-0.15, -0.1) is 0 Å². The minimum absolute atomic E-state index is 0.00550. The van der Waals surface area contributed by atoms with Crippen molar-refractivity contribution in [3.63, 3.8) is 0 Å². The second kappa shape index (κ2) is 7.14. The van der Waals surface area contributed by atoms with Crippen molar-refractivity contribution in [1.82, 2.24) is 0 Å². The van der Waals surface area contributed by atoms with E-state index in [9.17, 15) is 4.79 Å². The average molecular weight is 346 g/mol. The van der Waals surface area contributed by atoms with Crippen LogP contribution in [-0.2, 0) is 4.79 Å². The van der Waals surface area contributed by atoms with E-state index in [4.69, 9.17) is 21.1 Å². The topological polar surface area (TPSA) is 47.6 Å². The second-order valence-corrected chi connectivity index (χ2v) is 6.05. The smallest absolute Gasteiger partial charge is 0.225 e. The van der Waals surface area contributed by atoms with Crippen LogP contribution in [0.3, 0.4) is 0 Å². The Kier molecular flexibility index (Phi) is 4.95. The summed E-state index contributed by atoms with van der Waals surface area (Å²) >= 11 is 5.99. The number of ether oxygens (including phenoxy) is 2. The SMILES string of the molecule is CCOc1cc2c(cc1OCC)[C@@H](c1ccc(Cl)cc1)CC(=O)N2. The maximum absolute atomic E-state index is 12.1. The molecule has 4 nitrogen and oxygen atoms in total. The molecule has 0 aromatic heterocycles. The Morgan fingerprint density at radius 1 is 1.08 bits per heavy atom. The molecule has 24 heavy (non-hydrogen) atoms. The molecule has 0 unspecified atom stereocenters. The van der Waals surface area contributed by atoms with E-state index in [1.807, 2.05) is 50.2 Å². The summed E-state index contributed by atoms with van der Waals surface area (Å²) in [6.45, 7) is 4.95. The van der Waals surface area contributed by atoms with Gasteiger partial charge in [-0.25, -0.2) is 0 Å². The van der Waals surface area contributed by atoms with Gasteiger partial charge < -0.3 is 14.8 Å². The molecule has 0 saturated heterocycles. The number of carbonyl (C=O) groups excluding carboxylic acids is 1. The number of anilines is 1. The quantitative estimate of drug-likeness (QED) is 0.860. The maximum Gasteiger partial charge on any atom is 0.225 e. The van der Waals surface area contributed by atoms with Crippen molar-refractivity contribution in [1.29, 1.82) is 0 Å². The number of nitrogens with one attached hydrogen (secondary N) is 1. The normalized spacial score (nSPS) is 16.3. The molecule has 0 radical (unpaired) electrons. The predicted octanol–water partition coefficient (Wildman–Crippen LogP) is 4.61. The van der Waals surface area contributed by atoms with Gasteiger partial charge in [0.2, 0.25) is 5.91 Å². The first-order valence-electron chi connectivity index (χ1n) is 8.11. The summed E-state index contributed by atoms with van der Waals surface area (Å²) in [4.78, 5) is 12.1. The Labute approximate surface area is 146 Å². The molecule has 2 aromatic carbocycles. The molecule has 1 aliphatic rings. The van der Waals surface area contributed by atoms with Crippen LogP contribution in [0.15, 0.2) is 36.4 Å². The molecule has 1 heterocycles. The zero-order valence-corrected chi connectivity index (χ0v) is 14.5. The first-order valence-corrected chi connectivity index (χ1v) is 8.49. The number of carbonyl (C=O) groups is 1. The molecule has 0 saturated carbocycles. The highest BCUT2D eigenvalue weighted by atomic mass is 35.5. The summed E-state index contributed by atoms with van der Waals surface area (Å²) < 4.78 is 11.4. The highest BCUT2D eigenvalue weighted by molar-refractivity contribution is 6.30. The third-order valence-electron chi connectivity index (χ3n) is 4.03. The number of fused-ring (bicyclic) bond motifs is 1. The Morgan fingerprint density at radius 2 is 1.71 bits per heavy atom. The Bertz CT molecular complexity index is 743. The van der Waals surface area contributed by atoms with E-state index < -0.39 is 0 Å². The molecule has 0 spiro atoms. The Hall–Kier alpha value is -2.20. The minimum Gasteiger partial charge on any atom is -0.490 e. The van der Waals surface area contributed by atoms with Crippen molar-refractivity contribution in [2.24, 2.45) is 0 Å². The molecule has 1 N–H and O–H groups in total. The van der Waals surface area contributed by atoms with E-state index in [1.54, 1.807) is 0 Å². The van der Waals surface area contributed by atoms with E-state index in [-0.39, 0.29) is 11.8 Å². The summed E-state index contributed by atoms with van der Waals surface area (Å²) in [5.41, 5.74) is 2.86. The lowest BCUT2D eigenvalue weighted by Crippen LogP contribution is -2.23. The third kappa shape index (κ3) is 3.34. The van der Waals surface area contributed by atoms with Crippen LogP contribution in [0.25, 0.3) is 0 Å². The number of halogens is 1. The fraction of sp³-hybridized carbons (Fsp3) is 0.316. The molecule has 0 aliphatic carbocycles. The standard InChI is InChI=1S/C19H20ClNO3/c1-3-23-17-9-15-14(12-5-7-13(20)8-6-12)10-19(22)21-16(15)11-18(17)24-4-2/h5-9,11,14H,3-4,10H2,1-2H3,(H,21,22)/t14-/m1/s1. The lowest BCUT2D eigenvalue weighted by Gasteiger charge is -2.27. The monoisotopic (exact) mass is 345 g/mol. The summed E-state index contributed by atoms with van der Waals surface area (Å²) in [6, 6.07) is 11.5. The maximum atomic E-state index is 12.1. The van der Waals surface area contributed by atoms with Crippen molar-refractivity contribution in [2.75, 3.05) is 18.5 Å². The molecule has 126 valence electrons. The molecule has 1 amide bonds. The van der Waals surface area contributed by atoms with Gasteiger partial charge in [0, 0.05) is 29.1 Å². The largest absolute Gasteiger partial charge is 0.490 e. The van der Waals surface area contributed by atoms with E-state index >= 15 is 0 Å². The van der Waals surface area contributed by atoms with Crippen molar-refractivity contribution in [2.45, 2.75) is 26.2 Å². The highest BCUT2D eigenvalue weighted by Crippen LogP contribution is 2.43. The Balaban J connectivity index is 2.08. The average Bonchev–Trinajstić information content (AvgIpc) is 2.56. The molecule has 2 aromatic rings. The van der Waals surface area contributed by atoms with Gasteiger partial charge >= 0.3 is 0 Å². The van der Waals surface area contributed by atoms with E-state index in [2.05, 4.69) is 5.32 Å². The van der Waals surface area contributed by atoms with Crippen LogP contribution in [0.1, 0.15) is 37.3 Å². The molecular weight excluding hydrogens is 326 g/mol. The molecular formula is C19H20ClNO3. The number of benzene rings is 2. The summed E-state index contributed by atoms with van der Waals surface area (Å²) in [5, 5.41) is 3.62. The molecule has 1 aliphatic heterocycles. The third-order valence-corrected chi connectivity index (χ3v) is 4.28. The van der Waals surface area contributed by atoms with Crippen molar-refractivity contribution in [3.05, 3.63) is 52.5 Å². The Morgan fingerprint density at radius 3 is 2.33 bits per heavy atom. The lowest BCUT2D eigenvalue weighted by molar-refractivity contribution is -0.116. The number of hydrogen-bond acceptors (Lipinski definition) is 3. The van der Waals surface area contributed by atoms with E-state index in [0.717, 1.165) is 16.8 Å². The van der Waals surface area contributed by atoms with Crippen LogP contribution >= 0.6 is 11.6 Å². The predicted molar refractivity (Wildman–Crippen MR) is 95.3 cm³/mol. The second-order valence-electron chi connectivity index (χ2n) is 5.61. The fourth-order valence-corrected chi connectivity index (χ4v) is 3.12. The van der Waals surface area contributed by atoms with Crippen LogP contribution in [0, 0.1) is 0 Å². The van der Waals surface area contributed by atoms with Crippen LogP contribution in [0.4, 0.5) is 5.69 Å². The van der Waals surface area contributed by atoms with Crippen molar-refractivity contribution in [3.8, 4) is 11.5 Å². The van der Waals surface area contributed by atoms with Crippen LogP contribution in [-0.4, -0.2) is 19.1 Å². The first kappa shape index (κ1) is 16.7. The zero-order valence-electron chi connectivity index (χ0n) is 13.8. The zero-order chi connectivity index (χ0) is 17.1. The molecule has 0 fully saturated rings. The van der Waals surface area contributed by atoms with Gasteiger partial charge in [0.15, 0.2) is 11.5 Å². The van der Waals surface area contributed by atoms with Crippen LogP contribution in [0.2, 0.25) is 5.02 Å². The number of hydrogen-bond donors (Lipinski definition) is 1. The molecule has 3 rings (SSSR count). The van der Waals surface area contributed by atoms with Gasteiger partial charge in [-0.05, 0) is 43.2 Å². The van der Waals surface area contributed by atoms with Gasteiger partial charge in [-0.3, -0.25) is 4.79 Å². The highest BCUT2D eigenvalue weighted by Gasteiger charge is 2.28. The van der Waals surface area contributed by atoms with Gasteiger partial charge in [0.25, 0.3) is 0 Å². The molecule has 0 bridgehead atoms. The van der Waals surface area contributed by atoms with E-state index in [1.165, 1.54) is 0 Å². The van der Waals surface area contributed by atoms with Gasteiger partial charge in [0.05, 0.1) is 13.2 Å². The van der Waals surface area contributed by atoms with E-state index in [0.29, 0.717) is 36.2 Å². The number of amides is 1.